The van der Waals surface area contributed by atoms with Crippen LogP contribution in [-0.4, -0.2) is 15.2 Å². The van der Waals surface area contributed by atoms with E-state index in [1.807, 2.05) is 38.1 Å². The topological polar surface area (TPSA) is 34.1 Å². The van der Waals surface area contributed by atoms with E-state index in [2.05, 4.69) is 6.92 Å². The summed E-state index contributed by atoms with van der Waals surface area (Å²) in [6.45, 7) is 6.11. The minimum atomic E-state index is -1.21. The third kappa shape index (κ3) is 4.90. The maximum absolute atomic E-state index is 12.5. The lowest BCUT2D eigenvalue weighted by atomic mass is 10.1. The molecule has 0 saturated carbocycles. The summed E-state index contributed by atoms with van der Waals surface area (Å²) < 4.78 is 12.5. The van der Waals surface area contributed by atoms with Gasteiger partial charge in [-0.3, -0.25) is 9.00 Å². The van der Waals surface area contributed by atoms with Crippen LogP contribution in [0.1, 0.15) is 51.5 Å². The van der Waals surface area contributed by atoms with Crippen LogP contribution in [0.5, 0.6) is 0 Å². The van der Waals surface area contributed by atoms with Crippen LogP contribution in [0.15, 0.2) is 29.2 Å². The lowest BCUT2D eigenvalue weighted by molar-refractivity contribution is -0.118. The Bertz CT molecular complexity index is 423. The molecule has 2 atom stereocenters. The average molecular weight is 280 g/mol. The van der Waals surface area contributed by atoms with Crippen molar-refractivity contribution >= 4 is 16.6 Å². The second kappa shape index (κ2) is 8.26. The number of unbranched alkanes of at least 4 members (excludes halogenated alkanes) is 1. The fraction of sp³-hybridized carbons (Fsp3) is 0.562. The second-order valence-corrected chi connectivity index (χ2v) is 6.59. The van der Waals surface area contributed by atoms with E-state index in [9.17, 15) is 9.00 Å². The van der Waals surface area contributed by atoms with Crippen molar-refractivity contribution in [3.05, 3.63) is 29.8 Å². The minimum absolute atomic E-state index is 0.155. The SMILES string of the molecule is CCCCC(=O)C(CCC)S(=O)c1ccc(C)cc1. The van der Waals surface area contributed by atoms with Gasteiger partial charge in [-0.1, -0.05) is 44.4 Å². The first-order valence-corrected chi connectivity index (χ1v) is 8.31. The molecule has 1 aromatic carbocycles. The van der Waals surface area contributed by atoms with Gasteiger partial charge in [-0.05, 0) is 31.9 Å². The van der Waals surface area contributed by atoms with Crippen molar-refractivity contribution in [3.8, 4) is 0 Å². The van der Waals surface area contributed by atoms with Crippen LogP contribution >= 0.6 is 0 Å². The number of hydrogen-bond acceptors (Lipinski definition) is 2. The molecule has 0 heterocycles. The highest BCUT2D eigenvalue weighted by molar-refractivity contribution is 7.86. The lowest BCUT2D eigenvalue weighted by Gasteiger charge is -2.15. The van der Waals surface area contributed by atoms with E-state index in [0.717, 1.165) is 29.7 Å². The fourth-order valence-electron chi connectivity index (χ4n) is 2.00. The molecule has 0 fully saturated rings. The molecule has 0 N–H and O–H groups in total. The van der Waals surface area contributed by atoms with Crippen LogP contribution in [0.25, 0.3) is 0 Å². The van der Waals surface area contributed by atoms with Gasteiger partial charge in [-0.15, -0.1) is 0 Å². The summed E-state index contributed by atoms with van der Waals surface area (Å²) in [5.41, 5.74) is 1.14. The van der Waals surface area contributed by atoms with E-state index in [4.69, 9.17) is 0 Å². The Kier molecular flexibility index (Phi) is 7.00. The maximum Gasteiger partial charge on any atom is 0.148 e. The molecule has 2 nitrogen and oxygen atoms in total. The predicted molar refractivity (Wildman–Crippen MR) is 80.8 cm³/mol. The number of carbonyl (C=O) groups is 1. The monoisotopic (exact) mass is 280 g/mol. The summed E-state index contributed by atoms with van der Waals surface area (Å²) in [6, 6.07) is 7.65. The van der Waals surface area contributed by atoms with Gasteiger partial charge in [0.25, 0.3) is 0 Å². The van der Waals surface area contributed by atoms with Crippen molar-refractivity contribution in [2.45, 2.75) is 63.0 Å². The minimum Gasteiger partial charge on any atom is -0.298 e. The Morgan fingerprint density at radius 3 is 2.32 bits per heavy atom. The van der Waals surface area contributed by atoms with Gasteiger partial charge >= 0.3 is 0 Å². The van der Waals surface area contributed by atoms with Gasteiger partial charge in [0, 0.05) is 11.3 Å². The molecule has 0 spiro atoms. The lowest BCUT2D eigenvalue weighted by Crippen LogP contribution is -2.26. The first-order chi connectivity index (χ1) is 9.10. The molecule has 3 heteroatoms. The molecule has 1 aromatic rings. The zero-order valence-corrected chi connectivity index (χ0v) is 13.0. The Morgan fingerprint density at radius 2 is 1.79 bits per heavy atom. The Hall–Kier alpha value is -0.960. The first-order valence-electron chi connectivity index (χ1n) is 7.10. The number of rotatable bonds is 8. The molecule has 1 rings (SSSR count). The van der Waals surface area contributed by atoms with E-state index >= 15 is 0 Å². The summed E-state index contributed by atoms with van der Waals surface area (Å²) in [5, 5.41) is -0.334. The molecule has 2 unspecified atom stereocenters. The molecule has 0 aliphatic heterocycles. The third-order valence-electron chi connectivity index (χ3n) is 3.20. The molecule has 0 saturated heterocycles. The summed E-state index contributed by atoms with van der Waals surface area (Å²) in [5.74, 6) is 0.155. The molecule has 0 aliphatic carbocycles. The van der Waals surface area contributed by atoms with Crippen molar-refractivity contribution < 1.29 is 9.00 Å². The van der Waals surface area contributed by atoms with Gasteiger partial charge < -0.3 is 0 Å². The Morgan fingerprint density at radius 1 is 1.16 bits per heavy atom. The molecule has 106 valence electrons. The highest BCUT2D eigenvalue weighted by atomic mass is 32.2. The fourth-order valence-corrected chi connectivity index (χ4v) is 3.54. The second-order valence-electron chi connectivity index (χ2n) is 4.96. The van der Waals surface area contributed by atoms with E-state index < -0.39 is 10.8 Å². The van der Waals surface area contributed by atoms with Crippen molar-refractivity contribution in [2.75, 3.05) is 0 Å². The summed E-state index contributed by atoms with van der Waals surface area (Å²) in [4.78, 5) is 13.0. The van der Waals surface area contributed by atoms with E-state index in [1.54, 1.807) is 0 Å². The number of Topliss-reactive ketones (excluding diaryl/α,β-unsaturated/α-hetero) is 1. The van der Waals surface area contributed by atoms with Gasteiger partial charge in [0.15, 0.2) is 0 Å². The first kappa shape index (κ1) is 16.1. The molecule has 0 radical (unpaired) electrons. The largest absolute Gasteiger partial charge is 0.298 e. The van der Waals surface area contributed by atoms with E-state index in [-0.39, 0.29) is 11.0 Å². The van der Waals surface area contributed by atoms with Crippen LogP contribution in [0.2, 0.25) is 0 Å². The van der Waals surface area contributed by atoms with Gasteiger partial charge in [0.05, 0.1) is 16.0 Å². The van der Waals surface area contributed by atoms with E-state index in [0.29, 0.717) is 12.8 Å². The summed E-state index contributed by atoms with van der Waals surface area (Å²) in [7, 11) is -1.21. The summed E-state index contributed by atoms with van der Waals surface area (Å²) >= 11 is 0. The highest BCUT2D eigenvalue weighted by Crippen LogP contribution is 2.18. The number of aryl methyl sites for hydroxylation is 1. The van der Waals surface area contributed by atoms with Crippen LogP contribution < -0.4 is 0 Å². The zero-order valence-electron chi connectivity index (χ0n) is 12.1. The van der Waals surface area contributed by atoms with Crippen molar-refractivity contribution in [1.29, 1.82) is 0 Å². The summed E-state index contributed by atoms with van der Waals surface area (Å²) in [6.07, 6.45) is 4.05. The van der Waals surface area contributed by atoms with Crippen LogP contribution in [0, 0.1) is 6.92 Å². The normalized spacial score (nSPS) is 14.1. The van der Waals surface area contributed by atoms with Gasteiger partial charge in [0.2, 0.25) is 0 Å². The van der Waals surface area contributed by atoms with Crippen molar-refractivity contribution in [1.82, 2.24) is 0 Å². The van der Waals surface area contributed by atoms with Crippen molar-refractivity contribution in [3.63, 3.8) is 0 Å². The number of carbonyl (C=O) groups excluding carboxylic acids is 1. The molecular weight excluding hydrogens is 256 g/mol. The van der Waals surface area contributed by atoms with Crippen LogP contribution in [0.3, 0.4) is 0 Å². The van der Waals surface area contributed by atoms with Gasteiger partial charge in [-0.25, -0.2) is 0 Å². The standard InChI is InChI=1S/C16H24O2S/c1-4-6-8-15(17)16(7-5-2)19(18)14-11-9-13(3)10-12-14/h9-12,16H,4-8H2,1-3H3. The van der Waals surface area contributed by atoms with Crippen molar-refractivity contribution in [2.24, 2.45) is 0 Å². The average Bonchev–Trinajstić information content (AvgIpc) is 2.42. The molecule has 0 aromatic heterocycles. The van der Waals surface area contributed by atoms with Gasteiger partial charge in [0.1, 0.15) is 5.78 Å². The number of benzene rings is 1. The Balaban J connectivity index is 2.82. The quantitative estimate of drug-likeness (QED) is 0.720. The Labute approximate surface area is 119 Å². The highest BCUT2D eigenvalue weighted by Gasteiger charge is 2.24. The predicted octanol–water partition coefficient (Wildman–Crippen LogP) is 4.03. The van der Waals surface area contributed by atoms with E-state index in [1.165, 1.54) is 0 Å². The molecule has 0 bridgehead atoms. The van der Waals surface area contributed by atoms with Crippen LogP contribution in [-0.2, 0) is 15.6 Å². The van der Waals surface area contributed by atoms with Crippen LogP contribution in [0.4, 0.5) is 0 Å². The number of ketones is 1. The number of hydrogen-bond donors (Lipinski definition) is 0. The smallest absolute Gasteiger partial charge is 0.148 e. The molecule has 0 amide bonds. The molecule has 19 heavy (non-hydrogen) atoms. The third-order valence-corrected chi connectivity index (χ3v) is 4.95. The zero-order chi connectivity index (χ0) is 14.3. The molecule has 0 aliphatic rings. The van der Waals surface area contributed by atoms with Gasteiger partial charge in [-0.2, -0.15) is 0 Å². The molecular formula is C16H24O2S. The maximum atomic E-state index is 12.5.